The fourth-order valence-corrected chi connectivity index (χ4v) is 3.84. The molecule has 2 aromatic carbocycles. The van der Waals surface area contributed by atoms with Gasteiger partial charge < -0.3 is 4.42 Å². The van der Waals surface area contributed by atoms with E-state index >= 15 is 0 Å². The second-order valence-electron chi connectivity index (χ2n) is 6.34. The van der Waals surface area contributed by atoms with Crippen molar-refractivity contribution >= 4 is 33.3 Å². The van der Waals surface area contributed by atoms with Crippen molar-refractivity contribution in [2.75, 3.05) is 0 Å². The van der Waals surface area contributed by atoms with Crippen molar-refractivity contribution in [2.45, 2.75) is 39.5 Å². The molecular formula is C20H18O3. The Labute approximate surface area is 134 Å². The molecule has 0 N–H and O–H groups in total. The van der Waals surface area contributed by atoms with E-state index in [2.05, 4.69) is 0 Å². The first-order chi connectivity index (χ1) is 11.1. The number of rotatable bonds is 1. The van der Waals surface area contributed by atoms with Crippen LogP contribution >= 0.6 is 0 Å². The summed E-state index contributed by atoms with van der Waals surface area (Å²) < 4.78 is 6.08. The van der Waals surface area contributed by atoms with Crippen LogP contribution in [-0.4, -0.2) is 11.6 Å². The van der Waals surface area contributed by atoms with Crippen LogP contribution in [0.2, 0.25) is 0 Å². The van der Waals surface area contributed by atoms with E-state index < -0.39 is 0 Å². The minimum Gasteiger partial charge on any atom is -0.459 e. The Balaban J connectivity index is 2.27. The van der Waals surface area contributed by atoms with Crippen molar-refractivity contribution in [1.29, 1.82) is 0 Å². The number of hydrogen-bond donors (Lipinski definition) is 0. The first-order valence-electron chi connectivity index (χ1n) is 8.10. The highest BCUT2D eigenvalue weighted by Crippen LogP contribution is 2.40. The lowest BCUT2D eigenvalue weighted by atomic mass is 9.92. The molecule has 0 unspecified atom stereocenters. The molecular weight excluding hydrogens is 288 g/mol. The minimum atomic E-state index is -0.0189. The van der Waals surface area contributed by atoms with Gasteiger partial charge in [-0.15, -0.1) is 0 Å². The van der Waals surface area contributed by atoms with E-state index in [9.17, 15) is 9.59 Å². The summed E-state index contributed by atoms with van der Waals surface area (Å²) in [6, 6.07) is 7.96. The average molecular weight is 306 g/mol. The molecule has 116 valence electrons. The first kappa shape index (κ1) is 14.2. The fraction of sp³-hybridized carbons (Fsp3) is 0.300. The molecule has 0 amide bonds. The van der Waals surface area contributed by atoms with Gasteiger partial charge in [0.05, 0.1) is 11.1 Å². The van der Waals surface area contributed by atoms with Gasteiger partial charge in [0, 0.05) is 18.2 Å². The van der Waals surface area contributed by atoms with Crippen LogP contribution < -0.4 is 0 Å². The molecule has 0 fully saturated rings. The number of Topliss-reactive ketones (excluding diaryl/α,β-unsaturated/α-hetero) is 2. The molecule has 0 aliphatic heterocycles. The summed E-state index contributed by atoms with van der Waals surface area (Å²) in [5.74, 6) is 0.870. The van der Waals surface area contributed by atoms with Gasteiger partial charge in [-0.2, -0.15) is 0 Å². The molecule has 3 nitrogen and oxygen atoms in total. The van der Waals surface area contributed by atoms with E-state index in [1.807, 2.05) is 31.2 Å². The predicted octanol–water partition coefficient (Wildman–Crippen LogP) is 5.01. The highest BCUT2D eigenvalue weighted by molar-refractivity contribution is 6.23. The van der Waals surface area contributed by atoms with E-state index in [0.29, 0.717) is 23.1 Å². The molecule has 4 rings (SSSR count). The van der Waals surface area contributed by atoms with E-state index in [0.717, 1.165) is 46.7 Å². The van der Waals surface area contributed by atoms with E-state index in [1.54, 1.807) is 6.92 Å². The number of carbonyl (C=O) groups is 2. The summed E-state index contributed by atoms with van der Waals surface area (Å²) in [5, 5.41) is 2.86. The second-order valence-corrected chi connectivity index (χ2v) is 6.34. The Morgan fingerprint density at radius 1 is 1.09 bits per heavy atom. The van der Waals surface area contributed by atoms with Gasteiger partial charge in [-0.3, -0.25) is 9.59 Å². The highest BCUT2D eigenvalue weighted by Gasteiger charge is 2.28. The molecule has 0 radical (unpaired) electrons. The predicted molar refractivity (Wildman–Crippen MR) is 90.3 cm³/mol. The van der Waals surface area contributed by atoms with E-state index in [-0.39, 0.29) is 11.6 Å². The van der Waals surface area contributed by atoms with Gasteiger partial charge in [0.25, 0.3) is 0 Å². The third-order valence-electron chi connectivity index (χ3n) is 4.87. The molecule has 0 bridgehead atoms. The van der Waals surface area contributed by atoms with Crippen molar-refractivity contribution < 1.29 is 14.0 Å². The van der Waals surface area contributed by atoms with Crippen LogP contribution in [0.3, 0.4) is 0 Å². The van der Waals surface area contributed by atoms with Crippen LogP contribution in [0.25, 0.3) is 21.7 Å². The van der Waals surface area contributed by atoms with Crippen LogP contribution in [0.1, 0.15) is 58.2 Å². The van der Waals surface area contributed by atoms with Crippen molar-refractivity contribution in [2.24, 2.45) is 0 Å². The molecule has 3 heteroatoms. The number of benzene rings is 2. The number of fused-ring (bicyclic) bond motifs is 5. The maximum atomic E-state index is 12.6. The zero-order valence-electron chi connectivity index (χ0n) is 13.4. The zero-order valence-corrected chi connectivity index (χ0v) is 13.4. The number of hydrogen-bond acceptors (Lipinski definition) is 3. The SMILES string of the molecule is CC(=O)c1c(C)c2ccccc2c2c3c(oc12)CCCCC3=O. The summed E-state index contributed by atoms with van der Waals surface area (Å²) in [6.07, 6.45) is 3.17. The lowest BCUT2D eigenvalue weighted by Gasteiger charge is -2.09. The summed E-state index contributed by atoms with van der Waals surface area (Å²) in [4.78, 5) is 24.9. The number of aryl methyl sites for hydroxylation is 2. The van der Waals surface area contributed by atoms with Crippen LogP contribution in [0.4, 0.5) is 0 Å². The fourth-order valence-electron chi connectivity index (χ4n) is 3.84. The first-order valence-corrected chi connectivity index (χ1v) is 8.10. The van der Waals surface area contributed by atoms with Gasteiger partial charge in [0.1, 0.15) is 11.3 Å². The number of furan rings is 1. The standard InChI is InChI=1S/C20H18O3/c1-11-13-7-3-4-8-14(13)18-19-15(22)9-5-6-10-16(19)23-20(18)17(11)12(2)21/h3-4,7-8H,5-6,9-10H2,1-2H3. The van der Waals surface area contributed by atoms with E-state index in [1.165, 1.54) is 0 Å². The van der Waals surface area contributed by atoms with Crippen molar-refractivity contribution in [3.05, 3.63) is 46.7 Å². The van der Waals surface area contributed by atoms with Gasteiger partial charge in [0.15, 0.2) is 11.6 Å². The zero-order chi connectivity index (χ0) is 16.1. The third-order valence-corrected chi connectivity index (χ3v) is 4.87. The molecule has 0 saturated heterocycles. The summed E-state index contributed by atoms with van der Waals surface area (Å²) in [5.41, 5.74) is 2.83. The molecule has 0 atom stereocenters. The molecule has 0 saturated carbocycles. The lowest BCUT2D eigenvalue weighted by molar-refractivity contribution is 0.0981. The third kappa shape index (κ3) is 1.96. The topological polar surface area (TPSA) is 47.3 Å². The van der Waals surface area contributed by atoms with Crippen LogP contribution in [0.5, 0.6) is 0 Å². The molecule has 3 aromatic rings. The van der Waals surface area contributed by atoms with Crippen LogP contribution in [0.15, 0.2) is 28.7 Å². The largest absolute Gasteiger partial charge is 0.459 e. The second kappa shape index (κ2) is 5.05. The summed E-state index contributed by atoms with van der Waals surface area (Å²) in [6.45, 7) is 3.51. The Morgan fingerprint density at radius 2 is 1.78 bits per heavy atom. The summed E-state index contributed by atoms with van der Waals surface area (Å²) >= 11 is 0. The van der Waals surface area contributed by atoms with Crippen molar-refractivity contribution in [3.63, 3.8) is 0 Å². The number of carbonyl (C=O) groups excluding carboxylic acids is 2. The normalized spacial score (nSPS) is 15.0. The van der Waals surface area contributed by atoms with Gasteiger partial charge in [-0.25, -0.2) is 0 Å². The van der Waals surface area contributed by atoms with Gasteiger partial charge in [-0.05, 0) is 43.0 Å². The van der Waals surface area contributed by atoms with Crippen LogP contribution in [-0.2, 0) is 6.42 Å². The maximum absolute atomic E-state index is 12.6. The van der Waals surface area contributed by atoms with Gasteiger partial charge in [0.2, 0.25) is 0 Å². The Morgan fingerprint density at radius 3 is 2.52 bits per heavy atom. The quantitative estimate of drug-likeness (QED) is 0.469. The summed E-state index contributed by atoms with van der Waals surface area (Å²) in [7, 11) is 0. The van der Waals surface area contributed by atoms with Crippen molar-refractivity contribution in [3.8, 4) is 0 Å². The maximum Gasteiger partial charge on any atom is 0.167 e. The molecule has 23 heavy (non-hydrogen) atoms. The Kier molecular flexibility index (Phi) is 3.12. The minimum absolute atomic E-state index is 0.0189. The van der Waals surface area contributed by atoms with E-state index in [4.69, 9.17) is 4.42 Å². The molecule has 0 spiro atoms. The molecule has 1 aliphatic carbocycles. The van der Waals surface area contributed by atoms with Crippen LogP contribution in [0, 0.1) is 6.92 Å². The monoisotopic (exact) mass is 306 g/mol. The van der Waals surface area contributed by atoms with Gasteiger partial charge in [-0.1, -0.05) is 24.3 Å². The molecule has 1 aromatic heterocycles. The van der Waals surface area contributed by atoms with Crippen molar-refractivity contribution in [1.82, 2.24) is 0 Å². The van der Waals surface area contributed by atoms with Gasteiger partial charge >= 0.3 is 0 Å². The number of ketones is 2. The average Bonchev–Trinajstić information content (AvgIpc) is 2.81. The lowest BCUT2D eigenvalue weighted by Crippen LogP contribution is -2.01. The smallest absolute Gasteiger partial charge is 0.167 e. The highest BCUT2D eigenvalue weighted by atomic mass is 16.3. The molecule has 1 heterocycles. The molecule has 1 aliphatic rings. The Bertz CT molecular complexity index is 976. The Hall–Kier alpha value is -2.42.